The van der Waals surface area contributed by atoms with Crippen molar-refractivity contribution in [2.75, 3.05) is 13.7 Å². The fourth-order valence-electron chi connectivity index (χ4n) is 1.76. The van der Waals surface area contributed by atoms with E-state index in [1.807, 2.05) is 13.8 Å². The Morgan fingerprint density at radius 1 is 1.31 bits per heavy atom. The zero-order valence-corrected chi connectivity index (χ0v) is 8.30. The second-order valence-electron chi connectivity index (χ2n) is 3.67. The average Bonchev–Trinajstić information content (AvgIpc) is 2.15. The maximum Gasteiger partial charge on any atom is 0.162 e. The number of hydrogen-bond acceptors (Lipinski definition) is 4. The van der Waals surface area contributed by atoms with Gasteiger partial charge in [0.2, 0.25) is 0 Å². The minimum Gasteiger partial charge on any atom is -0.394 e. The molecule has 1 fully saturated rings. The Morgan fingerprint density at radius 3 is 2.38 bits per heavy atom. The Balaban J connectivity index is 2.66. The number of aliphatic hydroxyl groups is 2. The van der Waals surface area contributed by atoms with Crippen molar-refractivity contribution in [1.82, 2.24) is 0 Å². The molecule has 5 atom stereocenters. The first-order valence-electron chi connectivity index (χ1n) is 4.59. The zero-order chi connectivity index (χ0) is 10.0. The van der Waals surface area contributed by atoms with E-state index in [4.69, 9.17) is 14.6 Å². The van der Waals surface area contributed by atoms with Gasteiger partial charge in [0.15, 0.2) is 6.29 Å². The van der Waals surface area contributed by atoms with Crippen LogP contribution in [0.1, 0.15) is 13.8 Å². The van der Waals surface area contributed by atoms with Crippen LogP contribution in [0.2, 0.25) is 0 Å². The molecule has 0 saturated carbocycles. The van der Waals surface area contributed by atoms with Crippen molar-refractivity contribution in [1.29, 1.82) is 0 Å². The molecule has 0 aliphatic carbocycles. The maximum atomic E-state index is 9.78. The van der Waals surface area contributed by atoms with Gasteiger partial charge in [-0.15, -0.1) is 0 Å². The first-order valence-corrected chi connectivity index (χ1v) is 4.59. The third-order valence-corrected chi connectivity index (χ3v) is 2.81. The largest absolute Gasteiger partial charge is 0.394 e. The number of hydrogen-bond donors (Lipinski definition) is 2. The van der Waals surface area contributed by atoms with E-state index < -0.39 is 12.4 Å². The number of methoxy groups -OCH3 is 1. The van der Waals surface area contributed by atoms with Crippen LogP contribution in [-0.4, -0.2) is 42.4 Å². The van der Waals surface area contributed by atoms with E-state index in [1.54, 1.807) is 0 Å². The summed E-state index contributed by atoms with van der Waals surface area (Å²) in [6.45, 7) is 3.67. The fraction of sp³-hybridized carbons (Fsp3) is 1.00. The Morgan fingerprint density at radius 2 is 1.92 bits per heavy atom. The van der Waals surface area contributed by atoms with E-state index >= 15 is 0 Å². The van der Waals surface area contributed by atoms with Gasteiger partial charge in [0.1, 0.15) is 0 Å². The molecule has 1 aliphatic heterocycles. The topological polar surface area (TPSA) is 58.9 Å². The Kier molecular flexibility index (Phi) is 3.67. The van der Waals surface area contributed by atoms with E-state index in [0.717, 1.165) is 0 Å². The molecule has 4 nitrogen and oxygen atoms in total. The zero-order valence-electron chi connectivity index (χ0n) is 8.30. The van der Waals surface area contributed by atoms with Crippen LogP contribution in [0.3, 0.4) is 0 Å². The molecule has 0 aromatic heterocycles. The summed E-state index contributed by atoms with van der Waals surface area (Å²) in [6, 6.07) is 0. The molecule has 2 N–H and O–H groups in total. The van der Waals surface area contributed by atoms with Gasteiger partial charge in [0, 0.05) is 18.9 Å². The molecule has 0 aromatic rings. The monoisotopic (exact) mass is 190 g/mol. The molecule has 1 aliphatic rings. The molecule has 13 heavy (non-hydrogen) atoms. The highest BCUT2D eigenvalue weighted by Gasteiger charge is 2.40. The van der Waals surface area contributed by atoms with Gasteiger partial charge in [0.25, 0.3) is 0 Å². The van der Waals surface area contributed by atoms with Gasteiger partial charge in [-0.25, -0.2) is 0 Å². The van der Waals surface area contributed by atoms with Crippen LogP contribution < -0.4 is 0 Å². The van der Waals surface area contributed by atoms with Crippen molar-refractivity contribution in [2.24, 2.45) is 11.8 Å². The summed E-state index contributed by atoms with van der Waals surface area (Å²) in [6.07, 6.45) is -1.21. The highest BCUT2D eigenvalue weighted by atomic mass is 16.7. The number of ether oxygens (including phenoxy) is 2. The van der Waals surface area contributed by atoms with Crippen molar-refractivity contribution in [2.45, 2.75) is 32.3 Å². The lowest BCUT2D eigenvalue weighted by Crippen LogP contribution is -2.50. The van der Waals surface area contributed by atoms with E-state index in [-0.39, 0.29) is 24.5 Å². The van der Waals surface area contributed by atoms with Crippen LogP contribution in [-0.2, 0) is 9.47 Å². The maximum absolute atomic E-state index is 9.78. The minimum absolute atomic E-state index is 0.0496. The molecule has 1 rings (SSSR count). The van der Waals surface area contributed by atoms with Crippen LogP contribution in [0.15, 0.2) is 0 Å². The lowest BCUT2D eigenvalue weighted by molar-refractivity contribution is -0.258. The van der Waals surface area contributed by atoms with Gasteiger partial charge in [-0.2, -0.15) is 0 Å². The molecule has 0 bridgehead atoms. The van der Waals surface area contributed by atoms with Gasteiger partial charge < -0.3 is 19.7 Å². The van der Waals surface area contributed by atoms with Crippen molar-refractivity contribution in [3.63, 3.8) is 0 Å². The lowest BCUT2D eigenvalue weighted by Gasteiger charge is -2.41. The lowest BCUT2D eigenvalue weighted by atomic mass is 9.86. The van der Waals surface area contributed by atoms with Gasteiger partial charge in [-0.1, -0.05) is 13.8 Å². The average molecular weight is 190 g/mol. The number of rotatable bonds is 2. The van der Waals surface area contributed by atoms with E-state index in [9.17, 15) is 5.11 Å². The van der Waals surface area contributed by atoms with Gasteiger partial charge in [-0.05, 0) is 0 Å². The third-order valence-electron chi connectivity index (χ3n) is 2.81. The molecule has 0 amide bonds. The van der Waals surface area contributed by atoms with E-state index in [0.29, 0.717) is 0 Å². The van der Waals surface area contributed by atoms with E-state index in [2.05, 4.69) is 0 Å². The first kappa shape index (κ1) is 10.9. The molecule has 0 spiro atoms. The third kappa shape index (κ3) is 2.02. The van der Waals surface area contributed by atoms with Crippen LogP contribution >= 0.6 is 0 Å². The predicted molar refractivity (Wildman–Crippen MR) is 47.1 cm³/mol. The summed E-state index contributed by atoms with van der Waals surface area (Å²) in [5.74, 6) is -0.103. The smallest absolute Gasteiger partial charge is 0.162 e. The SMILES string of the molecule is CO[C@@H]1OC(CO)[C@@H](C)C(O)C1C. The predicted octanol–water partition coefficient (Wildman–Crippen LogP) is -0.0169. The molecule has 3 unspecified atom stereocenters. The molecule has 0 aromatic carbocycles. The molecule has 4 heteroatoms. The molecule has 0 radical (unpaired) electrons. The Labute approximate surface area is 78.5 Å². The minimum atomic E-state index is -0.476. The van der Waals surface area contributed by atoms with Crippen molar-refractivity contribution < 1.29 is 19.7 Å². The van der Waals surface area contributed by atoms with Gasteiger partial charge in [0.05, 0.1) is 18.8 Å². The van der Waals surface area contributed by atoms with E-state index in [1.165, 1.54) is 7.11 Å². The molecular weight excluding hydrogens is 172 g/mol. The summed E-state index contributed by atoms with van der Waals surface area (Å²) in [4.78, 5) is 0. The van der Waals surface area contributed by atoms with Crippen LogP contribution in [0.4, 0.5) is 0 Å². The normalized spacial score (nSPS) is 46.4. The molecule has 1 heterocycles. The first-order chi connectivity index (χ1) is 6.11. The molecular formula is C9H18O4. The van der Waals surface area contributed by atoms with Crippen LogP contribution in [0.5, 0.6) is 0 Å². The Hall–Kier alpha value is -0.160. The van der Waals surface area contributed by atoms with Crippen molar-refractivity contribution in [3.8, 4) is 0 Å². The highest BCUT2D eigenvalue weighted by molar-refractivity contribution is 4.84. The van der Waals surface area contributed by atoms with Crippen molar-refractivity contribution >= 4 is 0 Å². The highest BCUT2D eigenvalue weighted by Crippen LogP contribution is 2.29. The quantitative estimate of drug-likeness (QED) is 0.642. The van der Waals surface area contributed by atoms with Crippen molar-refractivity contribution in [3.05, 3.63) is 0 Å². The van der Waals surface area contributed by atoms with Crippen LogP contribution in [0.25, 0.3) is 0 Å². The number of aliphatic hydroxyl groups excluding tert-OH is 2. The summed E-state index contributed by atoms with van der Waals surface area (Å²) in [7, 11) is 1.54. The molecule has 1 saturated heterocycles. The second kappa shape index (κ2) is 4.37. The summed E-state index contributed by atoms with van der Waals surface area (Å²) in [5, 5.41) is 18.8. The van der Waals surface area contributed by atoms with Gasteiger partial charge >= 0.3 is 0 Å². The second-order valence-corrected chi connectivity index (χ2v) is 3.67. The Bertz CT molecular complexity index is 142. The summed E-state index contributed by atoms with van der Waals surface area (Å²) < 4.78 is 10.5. The van der Waals surface area contributed by atoms with Gasteiger partial charge in [-0.3, -0.25) is 0 Å². The summed E-state index contributed by atoms with van der Waals surface area (Å²) in [5.41, 5.74) is 0. The summed E-state index contributed by atoms with van der Waals surface area (Å²) >= 11 is 0. The van der Waals surface area contributed by atoms with Crippen LogP contribution in [0, 0.1) is 11.8 Å². The fourth-order valence-corrected chi connectivity index (χ4v) is 1.76. The standard InChI is InChI=1S/C9H18O4/c1-5-7(4-10)13-9(12-3)6(2)8(5)11/h5-11H,4H2,1-3H3/t5-,6?,7?,8?,9-/m1/s1. The molecule has 78 valence electrons.